The van der Waals surface area contributed by atoms with Crippen molar-refractivity contribution >= 4 is 16.8 Å². The zero-order valence-corrected chi connectivity index (χ0v) is 12.9. The zero-order chi connectivity index (χ0) is 16.8. The molecule has 1 fully saturated rings. The molecule has 1 aliphatic rings. The highest BCUT2D eigenvalue weighted by atomic mass is 19.4. The van der Waals surface area contributed by atoms with Gasteiger partial charge in [-0.25, -0.2) is 0 Å². The lowest BCUT2D eigenvalue weighted by Crippen LogP contribution is -2.44. The van der Waals surface area contributed by atoms with Gasteiger partial charge in [0.05, 0.1) is 11.1 Å². The molecular formula is C17H17F3N2O. The van der Waals surface area contributed by atoms with Gasteiger partial charge in [0.2, 0.25) is 0 Å². The molecule has 0 radical (unpaired) electrons. The number of pyridine rings is 1. The smallest absolute Gasteiger partial charge is 0.327 e. The molecule has 1 aliphatic heterocycles. The van der Waals surface area contributed by atoms with Crippen LogP contribution < -0.4 is 0 Å². The van der Waals surface area contributed by atoms with Crippen LogP contribution in [0.3, 0.4) is 0 Å². The molecule has 0 spiro atoms. The molecule has 23 heavy (non-hydrogen) atoms. The molecule has 1 aromatic carbocycles. The van der Waals surface area contributed by atoms with E-state index in [-0.39, 0.29) is 13.0 Å². The number of amides is 1. The van der Waals surface area contributed by atoms with Gasteiger partial charge >= 0.3 is 6.18 Å². The normalized spacial score (nSPS) is 18.7. The molecule has 0 saturated carbocycles. The third-order valence-electron chi connectivity index (χ3n) is 4.29. The monoisotopic (exact) mass is 322 g/mol. The first-order chi connectivity index (χ1) is 10.8. The number of fused-ring (bicyclic) bond motifs is 1. The number of aromatic nitrogens is 1. The van der Waals surface area contributed by atoms with Gasteiger partial charge in [0.15, 0.2) is 0 Å². The number of aryl methyl sites for hydroxylation is 2. The minimum absolute atomic E-state index is 0.0315. The quantitative estimate of drug-likeness (QED) is 0.794. The van der Waals surface area contributed by atoms with Crippen LogP contribution in [-0.4, -0.2) is 34.6 Å². The summed E-state index contributed by atoms with van der Waals surface area (Å²) in [4.78, 5) is 18.2. The van der Waals surface area contributed by atoms with Gasteiger partial charge in [-0.15, -0.1) is 0 Å². The van der Waals surface area contributed by atoms with Crippen LogP contribution in [0.1, 0.15) is 34.5 Å². The van der Waals surface area contributed by atoms with Crippen LogP contribution in [0.15, 0.2) is 24.3 Å². The molecule has 2 heterocycles. The summed E-state index contributed by atoms with van der Waals surface area (Å²) in [6, 6.07) is 5.29. The van der Waals surface area contributed by atoms with Crippen molar-refractivity contribution in [3.63, 3.8) is 0 Å². The SMILES string of the molecule is Cc1cc(C(=O)N2CCC[C@@H]2C(F)(F)F)c2cccc(C)c2n1. The van der Waals surface area contributed by atoms with E-state index in [0.29, 0.717) is 28.6 Å². The van der Waals surface area contributed by atoms with Crippen LogP contribution in [0.5, 0.6) is 0 Å². The van der Waals surface area contributed by atoms with Crippen molar-refractivity contribution in [2.75, 3.05) is 6.54 Å². The van der Waals surface area contributed by atoms with E-state index in [1.807, 2.05) is 13.0 Å². The molecule has 1 aromatic heterocycles. The van der Waals surface area contributed by atoms with Crippen LogP contribution in [0, 0.1) is 13.8 Å². The van der Waals surface area contributed by atoms with Crippen molar-refractivity contribution in [1.29, 1.82) is 0 Å². The highest BCUT2D eigenvalue weighted by Gasteiger charge is 2.48. The minimum atomic E-state index is -4.39. The molecule has 1 amide bonds. The lowest BCUT2D eigenvalue weighted by atomic mass is 10.0. The largest absolute Gasteiger partial charge is 0.408 e. The van der Waals surface area contributed by atoms with Crippen LogP contribution in [0.25, 0.3) is 10.9 Å². The third kappa shape index (κ3) is 2.78. The Morgan fingerprint density at radius 2 is 2.04 bits per heavy atom. The van der Waals surface area contributed by atoms with Crippen LogP contribution in [0.2, 0.25) is 0 Å². The first-order valence-corrected chi connectivity index (χ1v) is 7.53. The van der Waals surface area contributed by atoms with E-state index in [2.05, 4.69) is 4.98 Å². The van der Waals surface area contributed by atoms with Crippen molar-refractivity contribution in [2.45, 2.75) is 38.9 Å². The fourth-order valence-corrected chi connectivity index (χ4v) is 3.20. The number of alkyl halides is 3. The first kappa shape index (κ1) is 15.8. The molecule has 3 rings (SSSR count). The number of para-hydroxylation sites is 1. The van der Waals surface area contributed by atoms with Crippen molar-refractivity contribution in [3.05, 3.63) is 41.1 Å². The summed E-state index contributed by atoms with van der Waals surface area (Å²) in [7, 11) is 0. The van der Waals surface area contributed by atoms with E-state index in [0.717, 1.165) is 10.5 Å². The topological polar surface area (TPSA) is 33.2 Å². The maximum Gasteiger partial charge on any atom is 0.408 e. The second kappa shape index (κ2) is 5.51. The number of rotatable bonds is 1. The number of halogens is 3. The molecule has 0 unspecified atom stereocenters. The Balaban J connectivity index is 2.10. The first-order valence-electron chi connectivity index (χ1n) is 7.53. The second-order valence-electron chi connectivity index (χ2n) is 5.98. The average molecular weight is 322 g/mol. The number of carbonyl (C=O) groups excluding carboxylic acids is 1. The number of benzene rings is 1. The summed E-state index contributed by atoms with van der Waals surface area (Å²) in [5, 5.41) is 0.605. The standard InChI is InChI=1S/C17H17F3N2O/c1-10-5-3-6-12-13(9-11(2)21-15(10)12)16(23)22-8-4-7-14(22)17(18,19)20/h3,5-6,9,14H,4,7-8H2,1-2H3/t14-/m1/s1. The molecule has 122 valence electrons. The third-order valence-corrected chi connectivity index (χ3v) is 4.29. The van der Waals surface area contributed by atoms with Crippen LogP contribution in [0.4, 0.5) is 13.2 Å². The van der Waals surface area contributed by atoms with Crippen molar-refractivity contribution in [2.24, 2.45) is 0 Å². The number of likely N-dealkylation sites (tertiary alicyclic amines) is 1. The molecule has 0 aliphatic carbocycles. The fourth-order valence-electron chi connectivity index (χ4n) is 3.20. The van der Waals surface area contributed by atoms with E-state index in [9.17, 15) is 18.0 Å². The second-order valence-corrected chi connectivity index (χ2v) is 5.98. The Morgan fingerprint density at radius 3 is 2.74 bits per heavy atom. The van der Waals surface area contributed by atoms with Gasteiger partial charge in [-0.05, 0) is 38.3 Å². The van der Waals surface area contributed by atoms with Crippen LogP contribution in [-0.2, 0) is 0 Å². The van der Waals surface area contributed by atoms with Gasteiger partial charge in [0.25, 0.3) is 5.91 Å². The Labute approximate surface area is 132 Å². The molecule has 0 bridgehead atoms. The highest BCUT2D eigenvalue weighted by Crippen LogP contribution is 2.34. The highest BCUT2D eigenvalue weighted by molar-refractivity contribution is 6.07. The molecule has 3 nitrogen and oxygen atoms in total. The van der Waals surface area contributed by atoms with E-state index >= 15 is 0 Å². The average Bonchev–Trinajstić information content (AvgIpc) is 2.96. The van der Waals surface area contributed by atoms with Gasteiger partial charge in [-0.3, -0.25) is 9.78 Å². The maximum absolute atomic E-state index is 13.1. The van der Waals surface area contributed by atoms with Gasteiger partial charge < -0.3 is 4.90 Å². The molecule has 2 aromatic rings. The summed E-state index contributed by atoms with van der Waals surface area (Å²) in [5.41, 5.74) is 2.48. The van der Waals surface area contributed by atoms with Gasteiger partial charge in [0, 0.05) is 17.6 Å². The number of carbonyl (C=O) groups is 1. The molecule has 0 N–H and O–H groups in total. The maximum atomic E-state index is 13.1. The summed E-state index contributed by atoms with van der Waals surface area (Å²) in [6.07, 6.45) is -4.05. The van der Waals surface area contributed by atoms with E-state index in [1.165, 1.54) is 0 Å². The van der Waals surface area contributed by atoms with E-state index in [1.54, 1.807) is 25.1 Å². The Hall–Kier alpha value is -2.11. The van der Waals surface area contributed by atoms with Crippen molar-refractivity contribution < 1.29 is 18.0 Å². The Morgan fingerprint density at radius 1 is 1.30 bits per heavy atom. The Kier molecular flexibility index (Phi) is 3.78. The predicted octanol–water partition coefficient (Wildman–Crippen LogP) is 4.02. The van der Waals surface area contributed by atoms with E-state index < -0.39 is 18.1 Å². The number of hydrogen-bond donors (Lipinski definition) is 0. The summed E-state index contributed by atoms with van der Waals surface area (Å²) in [5.74, 6) is -0.564. The van der Waals surface area contributed by atoms with Gasteiger partial charge in [0.1, 0.15) is 6.04 Å². The molecule has 1 saturated heterocycles. The van der Waals surface area contributed by atoms with Crippen molar-refractivity contribution in [3.8, 4) is 0 Å². The van der Waals surface area contributed by atoms with E-state index in [4.69, 9.17) is 0 Å². The lowest BCUT2D eigenvalue weighted by molar-refractivity contribution is -0.169. The minimum Gasteiger partial charge on any atom is -0.327 e. The summed E-state index contributed by atoms with van der Waals surface area (Å²) >= 11 is 0. The molecule has 1 atom stereocenters. The Bertz CT molecular complexity index is 770. The van der Waals surface area contributed by atoms with Gasteiger partial charge in [-0.1, -0.05) is 18.2 Å². The molecule has 6 heteroatoms. The van der Waals surface area contributed by atoms with Gasteiger partial charge in [-0.2, -0.15) is 13.2 Å². The predicted molar refractivity (Wildman–Crippen MR) is 81.3 cm³/mol. The fraction of sp³-hybridized carbons (Fsp3) is 0.412. The summed E-state index contributed by atoms with van der Waals surface area (Å²) in [6.45, 7) is 3.75. The molecular weight excluding hydrogens is 305 g/mol. The summed E-state index contributed by atoms with van der Waals surface area (Å²) < 4.78 is 39.4. The lowest BCUT2D eigenvalue weighted by Gasteiger charge is -2.27. The van der Waals surface area contributed by atoms with Crippen LogP contribution >= 0.6 is 0 Å². The number of nitrogens with zero attached hydrogens (tertiary/aromatic N) is 2. The number of hydrogen-bond acceptors (Lipinski definition) is 2. The van der Waals surface area contributed by atoms with Crippen molar-refractivity contribution in [1.82, 2.24) is 9.88 Å². The zero-order valence-electron chi connectivity index (χ0n) is 12.9.